The van der Waals surface area contributed by atoms with Crippen LogP contribution in [0.15, 0.2) is 43.2 Å². The maximum absolute atomic E-state index is 12.8. The van der Waals surface area contributed by atoms with E-state index in [0.29, 0.717) is 24.4 Å². The number of aryl methyl sites for hydroxylation is 1. The van der Waals surface area contributed by atoms with Crippen LogP contribution < -0.4 is 0 Å². The molecule has 0 aromatic carbocycles. The number of carbonyl (C=O) groups excluding carboxylic acids is 2. The first-order valence-corrected chi connectivity index (χ1v) is 9.65. The van der Waals surface area contributed by atoms with Gasteiger partial charge in [-0.3, -0.25) is 14.6 Å². The topological polar surface area (TPSA) is 71.3 Å². The van der Waals surface area contributed by atoms with E-state index in [1.807, 2.05) is 20.6 Å². The molecule has 2 aromatic rings. The monoisotopic (exact) mass is 367 g/mol. The van der Waals surface area contributed by atoms with Crippen molar-refractivity contribution in [2.45, 2.75) is 38.3 Å². The fourth-order valence-electron chi connectivity index (χ4n) is 4.20. The minimum Gasteiger partial charge on any atom is -0.338 e. The number of carbonyl (C=O) groups is 2. The Hall–Kier alpha value is -2.70. The Morgan fingerprint density at radius 1 is 1.11 bits per heavy atom. The predicted molar refractivity (Wildman–Crippen MR) is 99.8 cm³/mol. The number of fused-ring (bicyclic) bond motifs is 4. The highest BCUT2D eigenvalue weighted by Crippen LogP contribution is 2.29. The molecule has 2 atom stereocenters. The zero-order valence-electron chi connectivity index (χ0n) is 15.4. The lowest BCUT2D eigenvalue weighted by atomic mass is 9.94. The molecule has 0 saturated carbocycles. The summed E-state index contributed by atoms with van der Waals surface area (Å²) in [5.74, 6) is 0.594. The summed E-state index contributed by atoms with van der Waals surface area (Å²) in [5.41, 5.74) is 0.622. The quantitative estimate of drug-likeness (QED) is 0.808. The number of pyridine rings is 1. The number of nitrogens with zero attached hydrogens (tertiary/aromatic N) is 5. The first kappa shape index (κ1) is 17.7. The molecule has 0 aliphatic carbocycles. The summed E-state index contributed by atoms with van der Waals surface area (Å²) >= 11 is 0. The molecular weight excluding hydrogens is 342 g/mol. The highest BCUT2D eigenvalue weighted by molar-refractivity contribution is 5.94. The fraction of sp³-hybridized carbons (Fsp3) is 0.500. The molecule has 27 heavy (non-hydrogen) atoms. The molecule has 7 nitrogen and oxygen atoms in total. The Kier molecular flexibility index (Phi) is 5.18. The van der Waals surface area contributed by atoms with Crippen molar-refractivity contribution in [3.8, 4) is 0 Å². The van der Waals surface area contributed by atoms with Crippen molar-refractivity contribution < 1.29 is 9.59 Å². The van der Waals surface area contributed by atoms with Gasteiger partial charge >= 0.3 is 0 Å². The Labute approximate surface area is 159 Å². The standard InChI is InChI=1S/C20H25N5O2/c26-19(4-2-9-23-10-8-22-15-23)25-13-16-5-6-18(25)14-24(12-16)20(27)17-3-1-7-21-11-17/h1,3,7-8,10-11,15-16,18H,2,4-6,9,12-14H2. The molecule has 5 rings (SSSR count). The predicted octanol–water partition coefficient (Wildman–Crippen LogP) is 1.82. The largest absolute Gasteiger partial charge is 0.338 e. The molecule has 3 aliphatic rings. The van der Waals surface area contributed by atoms with E-state index in [0.717, 1.165) is 38.9 Å². The summed E-state index contributed by atoms with van der Waals surface area (Å²) in [6.45, 7) is 2.92. The lowest BCUT2D eigenvalue weighted by molar-refractivity contribution is -0.135. The summed E-state index contributed by atoms with van der Waals surface area (Å²) < 4.78 is 2.00. The van der Waals surface area contributed by atoms with E-state index in [4.69, 9.17) is 0 Å². The van der Waals surface area contributed by atoms with Crippen LogP contribution in [-0.4, -0.2) is 61.8 Å². The Bertz CT molecular complexity index is 777. The van der Waals surface area contributed by atoms with Crippen molar-refractivity contribution in [3.63, 3.8) is 0 Å². The molecule has 3 saturated heterocycles. The van der Waals surface area contributed by atoms with Gasteiger partial charge in [-0.2, -0.15) is 0 Å². The molecule has 2 aromatic heterocycles. The van der Waals surface area contributed by atoms with Crippen LogP contribution in [0.4, 0.5) is 0 Å². The molecule has 3 fully saturated rings. The van der Waals surface area contributed by atoms with Crippen molar-refractivity contribution in [1.29, 1.82) is 0 Å². The number of aromatic nitrogens is 3. The average Bonchev–Trinajstić information content (AvgIpc) is 3.05. The summed E-state index contributed by atoms with van der Waals surface area (Å²) in [5, 5.41) is 0. The van der Waals surface area contributed by atoms with Crippen LogP contribution in [0.2, 0.25) is 0 Å². The summed E-state index contributed by atoms with van der Waals surface area (Å²) in [4.78, 5) is 37.7. The minimum absolute atomic E-state index is 0.0226. The Morgan fingerprint density at radius 3 is 2.81 bits per heavy atom. The molecule has 2 amide bonds. The molecule has 5 heterocycles. The molecule has 7 heteroatoms. The van der Waals surface area contributed by atoms with Gasteiger partial charge in [0.05, 0.1) is 11.9 Å². The maximum Gasteiger partial charge on any atom is 0.255 e. The van der Waals surface area contributed by atoms with Crippen molar-refractivity contribution >= 4 is 11.8 Å². The highest BCUT2D eigenvalue weighted by atomic mass is 16.2. The van der Waals surface area contributed by atoms with Crippen molar-refractivity contribution in [2.24, 2.45) is 5.92 Å². The van der Waals surface area contributed by atoms with Gasteiger partial charge in [0.1, 0.15) is 0 Å². The number of hydrogen-bond acceptors (Lipinski definition) is 4. The first-order valence-electron chi connectivity index (χ1n) is 9.65. The Morgan fingerprint density at radius 2 is 2.04 bits per heavy atom. The van der Waals surface area contributed by atoms with Gasteiger partial charge in [-0.15, -0.1) is 0 Å². The maximum atomic E-state index is 12.8. The van der Waals surface area contributed by atoms with Crippen LogP contribution in [0.5, 0.6) is 0 Å². The van der Waals surface area contributed by atoms with Crippen LogP contribution in [0, 0.1) is 5.92 Å². The lowest BCUT2D eigenvalue weighted by Gasteiger charge is -2.36. The van der Waals surface area contributed by atoms with Gasteiger partial charge in [0, 0.05) is 63.4 Å². The third kappa shape index (κ3) is 4.02. The third-order valence-corrected chi connectivity index (χ3v) is 5.60. The van der Waals surface area contributed by atoms with E-state index in [1.54, 1.807) is 37.1 Å². The lowest BCUT2D eigenvalue weighted by Crippen LogP contribution is -2.47. The van der Waals surface area contributed by atoms with Crippen molar-refractivity contribution in [2.75, 3.05) is 19.6 Å². The van der Waals surface area contributed by atoms with Gasteiger partial charge in [0.25, 0.3) is 5.91 Å². The normalized spacial score (nSPS) is 21.9. The molecule has 2 unspecified atom stereocenters. The average molecular weight is 367 g/mol. The van der Waals surface area contributed by atoms with E-state index in [1.165, 1.54) is 0 Å². The number of rotatable bonds is 5. The van der Waals surface area contributed by atoms with Crippen molar-refractivity contribution in [3.05, 3.63) is 48.8 Å². The second kappa shape index (κ2) is 7.90. The van der Waals surface area contributed by atoms with Gasteiger partial charge in [0.2, 0.25) is 5.91 Å². The number of piperidine rings is 1. The van der Waals surface area contributed by atoms with Crippen LogP contribution in [0.25, 0.3) is 0 Å². The van der Waals surface area contributed by atoms with E-state index in [-0.39, 0.29) is 17.9 Å². The van der Waals surface area contributed by atoms with Gasteiger partial charge in [0.15, 0.2) is 0 Å². The molecule has 0 spiro atoms. The molecule has 0 radical (unpaired) electrons. The number of amides is 2. The second-order valence-electron chi connectivity index (χ2n) is 7.50. The molecule has 3 aliphatic heterocycles. The number of imidazole rings is 1. The summed E-state index contributed by atoms with van der Waals surface area (Å²) in [7, 11) is 0. The highest BCUT2D eigenvalue weighted by Gasteiger charge is 2.38. The summed E-state index contributed by atoms with van der Waals surface area (Å²) in [6, 6.07) is 3.72. The zero-order chi connectivity index (χ0) is 18.6. The third-order valence-electron chi connectivity index (χ3n) is 5.60. The van der Waals surface area contributed by atoms with Crippen LogP contribution >= 0.6 is 0 Å². The van der Waals surface area contributed by atoms with E-state index < -0.39 is 0 Å². The van der Waals surface area contributed by atoms with E-state index in [2.05, 4.69) is 9.97 Å². The van der Waals surface area contributed by atoms with E-state index in [9.17, 15) is 9.59 Å². The van der Waals surface area contributed by atoms with E-state index >= 15 is 0 Å². The van der Waals surface area contributed by atoms with Gasteiger partial charge in [-0.1, -0.05) is 0 Å². The van der Waals surface area contributed by atoms with Gasteiger partial charge in [-0.05, 0) is 37.3 Å². The van der Waals surface area contributed by atoms with Crippen LogP contribution in [0.1, 0.15) is 36.0 Å². The SMILES string of the molecule is O=C(c1cccnc1)N1CC2CCC(C1)N(C(=O)CCCn1ccnc1)C2. The van der Waals surface area contributed by atoms with Crippen LogP contribution in [-0.2, 0) is 11.3 Å². The zero-order valence-corrected chi connectivity index (χ0v) is 15.4. The minimum atomic E-state index is 0.0226. The molecule has 142 valence electrons. The summed E-state index contributed by atoms with van der Waals surface area (Å²) in [6.07, 6.45) is 12.2. The molecule has 0 N–H and O–H groups in total. The Balaban J connectivity index is 1.37. The van der Waals surface area contributed by atoms with Crippen LogP contribution in [0.3, 0.4) is 0 Å². The second-order valence-corrected chi connectivity index (χ2v) is 7.50. The molecule has 2 bridgehead atoms. The smallest absolute Gasteiger partial charge is 0.255 e. The first-order chi connectivity index (χ1) is 13.2. The van der Waals surface area contributed by atoms with Gasteiger partial charge < -0.3 is 14.4 Å². The van der Waals surface area contributed by atoms with Gasteiger partial charge in [-0.25, -0.2) is 4.98 Å². The molecular formula is C20H25N5O2. The van der Waals surface area contributed by atoms with Crippen molar-refractivity contribution in [1.82, 2.24) is 24.3 Å². The fourth-order valence-corrected chi connectivity index (χ4v) is 4.20. The number of hydrogen-bond donors (Lipinski definition) is 0.